The van der Waals surface area contributed by atoms with Gasteiger partial charge in [0.05, 0.1) is 0 Å². The molecule has 2 amide bonds. The molecule has 1 aromatic rings. The van der Waals surface area contributed by atoms with E-state index in [2.05, 4.69) is 16.0 Å². The van der Waals surface area contributed by atoms with E-state index in [-0.39, 0.29) is 17.9 Å². The van der Waals surface area contributed by atoms with E-state index in [0.29, 0.717) is 24.2 Å². The Labute approximate surface area is 113 Å². The Balaban J connectivity index is 2.66. The van der Waals surface area contributed by atoms with Gasteiger partial charge in [-0.2, -0.15) is 0 Å². The molecule has 0 aromatic heterocycles. The smallest absolute Gasteiger partial charge is 0.251 e. The van der Waals surface area contributed by atoms with Gasteiger partial charge in [0.2, 0.25) is 5.91 Å². The van der Waals surface area contributed by atoms with Crippen LogP contribution in [0.25, 0.3) is 0 Å². The fraction of sp³-hybridized carbons (Fsp3) is 0.429. The first kappa shape index (κ1) is 15.2. The highest BCUT2D eigenvalue weighted by Gasteiger charge is 2.08. The summed E-state index contributed by atoms with van der Waals surface area (Å²) in [6.45, 7) is 4.43. The van der Waals surface area contributed by atoms with Crippen LogP contribution in [0.1, 0.15) is 30.6 Å². The second-order valence-corrected chi connectivity index (χ2v) is 4.61. The van der Waals surface area contributed by atoms with Crippen molar-refractivity contribution >= 4 is 17.5 Å². The number of carbonyl (C=O) groups is 2. The minimum atomic E-state index is -0.138. The van der Waals surface area contributed by atoms with E-state index < -0.39 is 0 Å². The number of hydrogen-bond donors (Lipinski definition) is 3. The molecule has 0 saturated carbocycles. The molecule has 0 radical (unpaired) electrons. The number of nitrogens with one attached hydrogen (secondary N) is 3. The summed E-state index contributed by atoms with van der Waals surface area (Å²) in [5.41, 5.74) is 1.18. The molecule has 0 unspecified atom stereocenters. The fourth-order valence-electron chi connectivity index (χ4n) is 1.55. The van der Waals surface area contributed by atoms with E-state index >= 15 is 0 Å². The van der Waals surface area contributed by atoms with Gasteiger partial charge in [0.15, 0.2) is 0 Å². The molecule has 0 saturated heterocycles. The third kappa shape index (κ3) is 5.52. The summed E-state index contributed by atoms with van der Waals surface area (Å²) >= 11 is 0. The number of benzene rings is 1. The zero-order valence-electron chi connectivity index (χ0n) is 11.6. The minimum absolute atomic E-state index is 0.0734. The highest BCUT2D eigenvalue weighted by Crippen LogP contribution is 2.11. The van der Waals surface area contributed by atoms with E-state index in [9.17, 15) is 9.59 Å². The van der Waals surface area contributed by atoms with Crippen LogP contribution in [0.15, 0.2) is 24.3 Å². The van der Waals surface area contributed by atoms with Crippen molar-refractivity contribution in [2.75, 3.05) is 18.9 Å². The zero-order chi connectivity index (χ0) is 14.3. The quantitative estimate of drug-likeness (QED) is 0.726. The van der Waals surface area contributed by atoms with Gasteiger partial charge in [-0.1, -0.05) is 6.07 Å². The molecule has 104 valence electrons. The van der Waals surface area contributed by atoms with E-state index in [4.69, 9.17) is 0 Å². The van der Waals surface area contributed by atoms with Crippen LogP contribution in [-0.4, -0.2) is 31.4 Å². The molecular formula is C14H21N3O2. The van der Waals surface area contributed by atoms with Crippen LogP contribution >= 0.6 is 0 Å². The molecule has 0 spiro atoms. The first-order valence-electron chi connectivity index (χ1n) is 6.38. The van der Waals surface area contributed by atoms with Crippen LogP contribution < -0.4 is 16.0 Å². The molecular weight excluding hydrogens is 242 g/mol. The summed E-state index contributed by atoms with van der Waals surface area (Å²) in [5, 5.41) is 8.49. The Morgan fingerprint density at radius 1 is 1.26 bits per heavy atom. The van der Waals surface area contributed by atoms with Crippen LogP contribution in [0, 0.1) is 0 Å². The van der Waals surface area contributed by atoms with Crippen molar-refractivity contribution in [3.63, 3.8) is 0 Å². The average Bonchev–Trinajstić information content (AvgIpc) is 2.36. The highest BCUT2D eigenvalue weighted by molar-refractivity contribution is 5.97. The molecule has 0 bridgehead atoms. The SMILES string of the molecule is CNCCC(=O)Nc1cccc(C(=O)NC(C)C)c1. The molecule has 3 N–H and O–H groups in total. The zero-order valence-corrected chi connectivity index (χ0v) is 11.6. The Hall–Kier alpha value is -1.88. The molecule has 0 aliphatic heterocycles. The van der Waals surface area contributed by atoms with E-state index in [1.807, 2.05) is 13.8 Å². The lowest BCUT2D eigenvalue weighted by Crippen LogP contribution is -2.30. The summed E-state index contributed by atoms with van der Waals surface area (Å²) in [6.07, 6.45) is 0.402. The molecule has 5 heteroatoms. The first-order valence-corrected chi connectivity index (χ1v) is 6.38. The summed E-state index contributed by atoms with van der Waals surface area (Å²) in [7, 11) is 1.80. The van der Waals surface area contributed by atoms with Crippen molar-refractivity contribution < 1.29 is 9.59 Å². The Bertz CT molecular complexity index is 444. The Morgan fingerprint density at radius 3 is 2.63 bits per heavy atom. The lowest BCUT2D eigenvalue weighted by Gasteiger charge is -2.10. The van der Waals surface area contributed by atoms with Gasteiger partial charge in [-0.05, 0) is 39.1 Å². The summed E-state index contributed by atoms with van der Waals surface area (Å²) in [4.78, 5) is 23.4. The highest BCUT2D eigenvalue weighted by atomic mass is 16.2. The van der Waals surface area contributed by atoms with Crippen molar-refractivity contribution in [2.45, 2.75) is 26.3 Å². The van der Waals surface area contributed by atoms with Crippen molar-refractivity contribution in [3.05, 3.63) is 29.8 Å². The molecule has 0 heterocycles. The minimum Gasteiger partial charge on any atom is -0.350 e. The van der Waals surface area contributed by atoms with Crippen molar-refractivity contribution in [1.29, 1.82) is 0 Å². The third-order valence-corrected chi connectivity index (χ3v) is 2.43. The predicted molar refractivity (Wildman–Crippen MR) is 76.2 cm³/mol. The number of hydrogen-bond acceptors (Lipinski definition) is 3. The standard InChI is InChI=1S/C14H21N3O2/c1-10(2)16-14(19)11-5-4-6-12(9-11)17-13(18)7-8-15-3/h4-6,9-10,15H,7-8H2,1-3H3,(H,16,19)(H,17,18). The molecule has 5 nitrogen and oxygen atoms in total. The van der Waals surface area contributed by atoms with Gasteiger partial charge >= 0.3 is 0 Å². The lowest BCUT2D eigenvalue weighted by molar-refractivity contribution is -0.116. The van der Waals surface area contributed by atoms with Crippen LogP contribution in [0.3, 0.4) is 0 Å². The molecule has 1 aromatic carbocycles. The lowest BCUT2D eigenvalue weighted by atomic mass is 10.1. The molecule has 0 aliphatic rings. The van der Waals surface area contributed by atoms with Crippen LogP contribution in [0.4, 0.5) is 5.69 Å². The molecule has 19 heavy (non-hydrogen) atoms. The van der Waals surface area contributed by atoms with Crippen molar-refractivity contribution in [3.8, 4) is 0 Å². The van der Waals surface area contributed by atoms with Gasteiger partial charge in [-0.3, -0.25) is 9.59 Å². The van der Waals surface area contributed by atoms with Gasteiger partial charge in [-0.15, -0.1) is 0 Å². The monoisotopic (exact) mass is 263 g/mol. The first-order chi connectivity index (χ1) is 9.02. The number of rotatable bonds is 6. The van der Waals surface area contributed by atoms with Gasteiger partial charge in [-0.25, -0.2) is 0 Å². The Morgan fingerprint density at radius 2 is 2.00 bits per heavy atom. The summed E-state index contributed by atoms with van der Waals surface area (Å²) in [5.74, 6) is -0.211. The van der Waals surface area contributed by atoms with E-state index in [1.54, 1.807) is 31.3 Å². The molecule has 0 aliphatic carbocycles. The number of anilines is 1. The van der Waals surface area contributed by atoms with Gasteiger partial charge in [0.25, 0.3) is 5.91 Å². The second kappa shape index (κ2) is 7.53. The normalized spacial score (nSPS) is 10.3. The van der Waals surface area contributed by atoms with Crippen LogP contribution in [0.2, 0.25) is 0 Å². The van der Waals surface area contributed by atoms with Gasteiger partial charge in [0, 0.05) is 30.3 Å². The third-order valence-electron chi connectivity index (χ3n) is 2.43. The predicted octanol–water partition coefficient (Wildman–Crippen LogP) is 1.37. The van der Waals surface area contributed by atoms with Crippen LogP contribution in [-0.2, 0) is 4.79 Å². The summed E-state index contributed by atoms with van der Waals surface area (Å²) in [6, 6.07) is 7.00. The molecule has 0 atom stereocenters. The second-order valence-electron chi connectivity index (χ2n) is 4.61. The molecule has 1 rings (SSSR count). The van der Waals surface area contributed by atoms with Crippen molar-refractivity contribution in [1.82, 2.24) is 10.6 Å². The Kier molecular flexibility index (Phi) is 6.02. The molecule has 0 fully saturated rings. The number of amides is 2. The maximum Gasteiger partial charge on any atom is 0.251 e. The van der Waals surface area contributed by atoms with Gasteiger partial charge in [0.1, 0.15) is 0 Å². The maximum atomic E-state index is 11.8. The van der Waals surface area contributed by atoms with Crippen molar-refractivity contribution in [2.24, 2.45) is 0 Å². The van der Waals surface area contributed by atoms with E-state index in [0.717, 1.165) is 0 Å². The summed E-state index contributed by atoms with van der Waals surface area (Å²) < 4.78 is 0. The average molecular weight is 263 g/mol. The van der Waals surface area contributed by atoms with E-state index in [1.165, 1.54) is 0 Å². The largest absolute Gasteiger partial charge is 0.350 e. The topological polar surface area (TPSA) is 70.2 Å². The fourth-order valence-corrected chi connectivity index (χ4v) is 1.55. The number of carbonyl (C=O) groups excluding carboxylic acids is 2. The van der Waals surface area contributed by atoms with Crippen LogP contribution in [0.5, 0.6) is 0 Å². The van der Waals surface area contributed by atoms with Gasteiger partial charge < -0.3 is 16.0 Å². The maximum absolute atomic E-state index is 11.8.